The zero-order valence-electron chi connectivity index (χ0n) is 13.0. The second kappa shape index (κ2) is 6.81. The summed E-state index contributed by atoms with van der Waals surface area (Å²) >= 11 is 6.12. The number of nitrogens with one attached hydrogen (secondary N) is 1. The molecule has 2 heterocycles. The van der Waals surface area contributed by atoms with Crippen molar-refractivity contribution in [2.24, 2.45) is 0 Å². The Morgan fingerprint density at radius 3 is 2.56 bits per heavy atom. The molecule has 1 N–H and O–H groups in total. The molecule has 0 saturated carbocycles. The van der Waals surface area contributed by atoms with E-state index in [-0.39, 0.29) is 28.4 Å². The molecule has 1 aliphatic heterocycles. The van der Waals surface area contributed by atoms with Crippen molar-refractivity contribution >= 4 is 39.1 Å². The Hall–Kier alpha value is -2.45. The average Bonchev–Trinajstić information content (AvgIpc) is 2.86. The predicted molar refractivity (Wildman–Crippen MR) is 92.7 cm³/mol. The van der Waals surface area contributed by atoms with Crippen molar-refractivity contribution in [2.75, 3.05) is 10.1 Å². The number of hydrogen-bond donors (Lipinski definition) is 1. The first kappa shape index (κ1) is 17.4. The van der Waals surface area contributed by atoms with Gasteiger partial charge in [-0.15, -0.1) is 0 Å². The minimum Gasteiger partial charge on any atom is -0.348 e. The monoisotopic (exact) mass is 379 g/mol. The number of aromatic nitrogens is 1. The van der Waals surface area contributed by atoms with Crippen molar-refractivity contribution in [1.29, 1.82) is 0 Å². The molecule has 0 atom stereocenters. The molecule has 3 rings (SSSR count). The normalized spacial score (nSPS) is 16.0. The lowest BCUT2D eigenvalue weighted by Crippen LogP contribution is -2.29. The zero-order chi connectivity index (χ0) is 18.0. The highest BCUT2D eigenvalue weighted by molar-refractivity contribution is 7.94. The molecule has 1 aromatic carbocycles. The van der Waals surface area contributed by atoms with Crippen molar-refractivity contribution < 1.29 is 18.0 Å². The van der Waals surface area contributed by atoms with Gasteiger partial charge in [-0.1, -0.05) is 11.6 Å². The molecule has 2 aromatic rings. The predicted octanol–water partition coefficient (Wildman–Crippen LogP) is 1.73. The Labute approximate surface area is 149 Å². The molecule has 1 saturated heterocycles. The van der Waals surface area contributed by atoms with Crippen LogP contribution in [0.1, 0.15) is 22.3 Å². The summed E-state index contributed by atoms with van der Waals surface area (Å²) in [7, 11) is -3.67. The fourth-order valence-electron chi connectivity index (χ4n) is 2.46. The molecule has 130 valence electrons. The highest BCUT2D eigenvalue weighted by Gasteiger charge is 2.36. The molecule has 1 aliphatic rings. The van der Waals surface area contributed by atoms with Gasteiger partial charge < -0.3 is 5.32 Å². The molecule has 9 heteroatoms. The summed E-state index contributed by atoms with van der Waals surface area (Å²) in [4.78, 5) is 27.9. The first-order valence-electron chi connectivity index (χ1n) is 7.41. The van der Waals surface area contributed by atoms with E-state index in [1.807, 2.05) is 0 Å². The maximum atomic E-state index is 12.3. The van der Waals surface area contributed by atoms with Crippen molar-refractivity contribution in [3.63, 3.8) is 0 Å². The first-order valence-corrected chi connectivity index (χ1v) is 9.40. The van der Waals surface area contributed by atoms with Crippen LogP contribution in [0.5, 0.6) is 0 Å². The minimum absolute atomic E-state index is 0.0614. The molecule has 0 spiro atoms. The molecule has 7 nitrogen and oxygen atoms in total. The summed E-state index contributed by atoms with van der Waals surface area (Å²) in [6.45, 7) is 0.304. The second-order valence-electron chi connectivity index (χ2n) is 5.43. The molecule has 0 radical (unpaired) electrons. The van der Waals surface area contributed by atoms with Gasteiger partial charge in [0.05, 0.1) is 22.0 Å². The van der Waals surface area contributed by atoms with E-state index in [1.165, 1.54) is 18.2 Å². The van der Waals surface area contributed by atoms with Gasteiger partial charge >= 0.3 is 0 Å². The summed E-state index contributed by atoms with van der Waals surface area (Å²) in [5, 5.41) is 2.79. The Balaban J connectivity index is 1.78. The number of carbonyl (C=O) groups is 2. The van der Waals surface area contributed by atoms with Crippen LogP contribution < -0.4 is 9.62 Å². The van der Waals surface area contributed by atoms with Crippen LogP contribution in [0.2, 0.25) is 5.02 Å². The number of amides is 2. The Bertz CT molecular complexity index is 932. The van der Waals surface area contributed by atoms with E-state index in [4.69, 9.17) is 11.6 Å². The van der Waals surface area contributed by atoms with E-state index in [0.29, 0.717) is 6.54 Å². The topological polar surface area (TPSA) is 96.4 Å². The number of halogens is 1. The zero-order valence-corrected chi connectivity index (χ0v) is 14.5. The van der Waals surface area contributed by atoms with Crippen LogP contribution in [0.15, 0.2) is 42.7 Å². The van der Waals surface area contributed by atoms with Gasteiger partial charge in [0.2, 0.25) is 15.9 Å². The molecular formula is C16H14ClN3O4S. The third-order valence-electron chi connectivity index (χ3n) is 3.71. The molecule has 0 bridgehead atoms. The molecule has 2 amide bonds. The van der Waals surface area contributed by atoms with Crippen LogP contribution >= 0.6 is 11.6 Å². The Kier molecular flexibility index (Phi) is 4.73. The number of nitrogens with zero attached hydrogens (tertiary/aromatic N) is 2. The van der Waals surface area contributed by atoms with Crippen LogP contribution in [0.3, 0.4) is 0 Å². The van der Waals surface area contributed by atoms with E-state index in [0.717, 1.165) is 9.87 Å². The summed E-state index contributed by atoms with van der Waals surface area (Å²) in [5.74, 6) is -1.13. The van der Waals surface area contributed by atoms with E-state index in [9.17, 15) is 18.0 Å². The van der Waals surface area contributed by atoms with E-state index in [2.05, 4.69) is 10.3 Å². The van der Waals surface area contributed by atoms with Gasteiger partial charge in [0.15, 0.2) is 0 Å². The fourth-order valence-corrected chi connectivity index (χ4v) is 4.17. The second-order valence-corrected chi connectivity index (χ2v) is 7.77. The lowest BCUT2D eigenvalue weighted by molar-refractivity contribution is -0.116. The smallest absolute Gasteiger partial charge is 0.253 e. The molecule has 1 aromatic heterocycles. The quantitative estimate of drug-likeness (QED) is 0.872. The van der Waals surface area contributed by atoms with Crippen LogP contribution in [0.4, 0.5) is 5.69 Å². The van der Waals surface area contributed by atoms with Crippen LogP contribution in [0, 0.1) is 0 Å². The summed E-state index contributed by atoms with van der Waals surface area (Å²) in [6, 6.07) is 7.65. The maximum Gasteiger partial charge on any atom is 0.253 e. The van der Waals surface area contributed by atoms with E-state index < -0.39 is 21.8 Å². The van der Waals surface area contributed by atoms with Crippen LogP contribution in [-0.2, 0) is 21.4 Å². The van der Waals surface area contributed by atoms with Gasteiger partial charge in [0.1, 0.15) is 0 Å². The van der Waals surface area contributed by atoms with Crippen molar-refractivity contribution in [1.82, 2.24) is 10.3 Å². The van der Waals surface area contributed by atoms with Gasteiger partial charge in [-0.05, 0) is 35.9 Å². The standard InChI is InChI=1S/C16H14ClN3O4S/c17-14-9-12(20-15(21)5-8-25(20,23)24)1-2-13(14)16(22)19-10-11-3-6-18-7-4-11/h1-4,6-7,9H,5,8,10H2,(H,19,22). The molecule has 25 heavy (non-hydrogen) atoms. The highest BCUT2D eigenvalue weighted by atomic mass is 35.5. The van der Waals surface area contributed by atoms with Gasteiger partial charge in [0, 0.05) is 25.4 Å². The van der Waals surface area contributed by atoms with Crippen molar-refractivity contribution in [2.45, 2.75) is 13.0 Å². The minimum atomic E-state index is -3.67. The number of benzene rings is 1. The number of carbonyl (C=O) groups excluding carboxylic acids is 2. The maximum absolute atomic E-state index is 12.3. The lowest BCUT2D eigenvalue weighted by atomic mass is 10.1. The Morgan fingerprint density at radius 2 is 1.96 bits per heavy atom. The number of anilines is 1. The van der Waals surface area contributed by atoms with Crippen molar-refractivity contribution in [3.05, 3.63) is 58.9 Å². The number of sulfonamides is 1. The molecule has 0 aliphatic carbocycles. The summed E-state index contributed by atoms with van der Waals surface area (Å²) < 4.78 is 24.6. The summed E-state index contributed by atoms with van der Waals surface area (Å²) in [6.07, 6.45) is 3.18. The summed E-state index contributed by atoms with van der Waals surface area (Å²) in [5.41, 5.74) is 1.21. The Morgan fingerprint density at radius 1 is 1.24 bits per heavy atom. The van der Waals surface area contributed by atoms with E-state index in [1.54, 1.807) is 24.5 Å². The highest BCUT2D eigenvalue weighted by Crippen LogP contribution is 2.29. The van der Waals surface area contributed by atoms with Crippen LogP contribution in [0.25, 0.3) is 0 Å². The third kappa shape index (κ3) is 3.64. The molecular weight excluding hydrogens is 366 g/mol. The molecule has 0 unspecified atom stereocenters. The van der Waals surface area contributed by atoms with Crippen molar-refractivity contribution in [3.8, 4) is 0 Å². The SMILES string of the molecule is O=C(NCc1ccncc1)c1ccc(N2C(=O)CCS2(=O)=O)cc1Cl. The van der Waals surface area contributed by atoms with Gasteiger partial charge in [0.25, 0.3) is 5.91 Å². The number of hydrogen-bond acceptors (Lipinski definition) is 5. The molecule has 1 fully saturated rings. The average molecular weight is 380 g/mol. The van der Waals surface area contributed by atoms with Crippen LogP contribution in [-0.4, -0.2) is 31.0 Å². The van der Waals surface area contributed by atoms with Gasteiger partial charge in [-0.3, -0.25) is 14.6 Å². The first-order chi connectivity index (χ1) is 11.9. The third-order valence-corrected chi connectivity index (χ3v) is 5.72. The largest absolute Gasteiger partial charge is 0.348 e. The lowest BCUT2D eigenvalue weighted by Gasteiger charge is -2.16. The van der Waals surface area contributed by atoms with E-state index >= 15 is 0 Å². The van der Waals surface area contributed by atoms with Gasteiger partial charge in [-0.25, -0.2) is 12.7 Å². The van der Waals surface area contributed by atoms with Gasteiger partial charge in [-0.2, -0.15) is 0 Å². The number of pyridine rings is 1. The number of rotatable bonds is 4. The fraction of sp³-hybridized carbons (Fsp3) is 0.188.